The van der Waals surface area contributed by atoms with Gasteiger partial charge in [-0.3, -0.25) is 9.69 Å². The van der Waals surface area contributed by atoms with Gasteiger partial charge in [0.15, 0.2) is 0 Å². The summed E-state index contributed by atoms with van der Waals surface area (Å²) in [5, 5.41) is 1.31. The van der Waals surface area contributed by atoms with E-state index in [-0.39, 0.29) is 36.2 Å². The summed E-state index contributed by atoms with van der Waals surface area (Å²) in [6.07, 6.45) is 8.44. The van der Waals surface area contributed by atoms with E-state index in [1.807, 2.05) is 0 Å². The number of carbonyl (C=O) groups is 1. The summed E-state index contributed by atoms with van der Waals surface area (Å²) in [6.45, 7) is 2.94. The second-order valence-electron chi connectivity index (χ2n) is 11.5. The van der Waals surface area contributed by atoms with Crippen molar-refractivity contribution >= 4 is 16.8 Å². The number of hydrogen-bond donors (Lipinski definition) is 1. The highest BCUT2D eigenvalue weighted by Crippen LogP contribution is 2.47. The zero-order chi connectivity index (χ0) is 24.4. The number of amides is 1. The fraction of sp³-hybridized carbons (Fsp3) is 0.516. The molecule has 1 N–H and O–H groups in total. The Balaban J connectivity index is 1.27. The molecular formula is C31H37N3O2. The van der Waals surface area contributed by atoms with Crippen LogP contribution in [0, 0.1) is 11.8 Å². The number of hydrogen-bond acceptors (Lipinski definition) is 3. The molecule has 188 valence electrons. The van der Waals surface area contributed by atoms with E-state index >= 15 is 0 Å². The molecule has 3 aromatic rings. The molecule has 7 rings (SSSR count). The van der Waals surface area contributed by atoms with E-state index < -0.39 is 0 Å². The van der Waals surface area contributed by atoms with Crippen LogP contribution in [0.25, 0.3) is 22.0 Å². The molecule has 2 saturated heterocycles. The molecule has 4 heterocycles. The normalized spacial score (nSPS) is 31.2. The van der Waals surface area contributed by atoms with Gasteiger partial charge in [0.1, 0.15) is 6.23 Å². The number of para-hydroxylation sites is 1. The van der Waals surface area contributed by atoms with Crippen LogP contribution < -0.4 is 0 Å². The molecule has 0 bridgehead atoms. The van der Waals surface area contributed by atoms with Crippen LogP contribution >= 0.6 is 0 Å². The zero-order valence-electron chi connectivity index (χ0n) is 21.5. The van der Waals surface area contributed by atoms with Crippen LogP contribution in [0.1, 0.15) is 62.7 Å². The molecule has 1 amide bonds. The summed E-state index contributed by atoms with van der Waals surface area (Å²) in [4.78, 5) is 22.4. The molecule has 5 nitrogen and oxygen atoms in total. The largest absolute Gasteiger partial charge is 0.359 e. The van der Waals surface area contributed by atoms with Crippen LogP contribution in [0.2, 0.25) is 0 Å². The molecule has 5 atom stereocenters. The first-order chi connectivity index (χ1) is 17.6. The summed E-state index contributed by atoms with van der Waals surface area (Å²) in [5.74, 6) is 0.797. The molecule has 1 aliphatic carbocycles. The van der Waals surface area contributed by atoms with Crippen molar-refractivity contribution in [2.75, 3.05) is 13.6 Å². The Kier molecular flexibility index (Phi) is 5.48. The molecule has 1 aromatic heterocycles. The molecule has 1 unspecified atom stereocenters. The van der Waals surface area contributed by atoms with Gasteiger partial charge in [-0.05, 0) is 56.7 Å². The number of carbonyl (C=O) groups excluding carboxylic acids is 1. The number of fused-ring (bicyclic) bond motifs is 6. The standard InChI is InChI=1S/C31H37N3O2/c1-19-27-25(33(2)31(36-19)21-12-7-4-8-13-21)18-26-29-24(16-17-34(26)30(27)35)23-15-9-14-22(28(23)32-29)20-10-5-3-6-11-20/h3,5-6,9-11,14-15,19,21,25-27,31-32H,4,7-8,12-13,16-18H2,1-2H3/t19-,25-,26-,27-,31?/m0/s1. The predicted molar refractivity (Wildman–Crippen MR) is 142 cm³/mol. The predicted octanol–water partition coefficient (Wildman–Crippen LogP) is 5.91. The minimum Gasteiger partial charge on any atom is -0.359 e. The maximum Gasteiger partial charge on any atom is 0.230 e. The van der Waals surface area contributed by atoms with E-state index in [0.717, 1.165) is 19.4 Å². The number of nitrogens with zero attached hydrogens (tertiary/aromatic N) is 2. The first-order valence-electron chi connectivity index (χ1n) is 14.0. The SMILES string of the molecule is C[C@@H]1OC(C2CCCCC2)N(C)[C@H]2C[C@H]3c4[nH]c5c(-c6ccccc6)cccc5c4CCN3C(=O)[C@@H]12. The van der Waals surface area contributed by atoms with Crippen LogP contribution in [0.4, 0.5) is 0 Å². The summed E-state index contributed by atoms with van der Waals surface area (Å²) >= 11 is 0. The van der Waals surface area contributed by atoms with Gasteiger partial charge in [-0.1, -0.05) is 67.8 Å². The second kappa shape index (κ2) is 8.74. The lowest BCUT2D eigenvalue weighted by molar-refractivity contribution is -0.220. The summed E-state index contributed by atoms with van der Waals surface area (Å²) < 4.78 is 6.61. The number of H-pyrrole nitrogens is 1. The van der Waals surface area contributed by atoms with Crippen molar-refractivity contribution in [3.63, 3.8) is 0 Å². The van der Waals surface area contributed by atoms with Crippen LogP contribution in [-0.2, 0) is 16.0 Å². The zero-order valence-corrected chi connectivity index (χ0v) is 21.5. The van der Waals surface area contributed by atoms with Crippen LogP contribution in [0.5, 0.6) is 0 Å². The molecule has 4 aliphatic rings. The fourth-order valence-electron chi connectivity index (χ4n) is 7.88. The quantitative estimate of drug-likeness (QED) is 0.493. The van der Waals surface area contributed by atoms with E-state index in [1.165, 1.54) is 65.4 Å². The maximum absolute atomic E-state index is 14.0. The Labute approximate surface area is 213 Å². The Morgan fingerprint density at radius 3 is 2.61 bits per heavy atom. The first-order valence-corrected chi connectivity index (χ1v) is 14.0. The first kappa shape index (κ1) is 22.6. The van der Waals surface area contributed by atoms with E-state index in [1.54, 1.807) is 0 Å². The van der Waals surface area contributed by atoms with Gasteiger partial charge >= 0.3 is 0 Å². The highest BCUT2D eigenvalue weighted by atomic mass is 16.5. The monoisotopic (exact) mass is 483 g/mol. The smallest absolute Gasteiger partial charge is 0.230 e. The highest BCUT2D eigenvalue weighted by Gasteiger charge is 2.53. The molecule has 3 aliphatic heterocycles. The number of nitrogens with one attached hydrogen (secondary N) is 1. The van der Waals surface area contributed by atoms with Gasteiger partial charge in [0.2, 0.25) is 5.91 Å². The van der Waals surface area contributed by atoms with Crippen LogP contribution in [0.3, 0.4) is 0 Å². The molecule has 0 radical (unpaired) electrons. The maximum atomic E-state index is 14.0. The molecular weight excluding hydrogens is 446 g/mol. The third kappa shape index (κ3) is 3.39. The summed E-state index contributed by atoms with van der Waals surface area (Å²) in [7, 11) is 2.22. The van der Waals surface area contributed by atoms with Gasteiger partial charge in [0, 0.05) is 29.2 Å². The second-order valence-corrected chi connectivity index (χ2v) is 11.5. The third-order valence-corrected chi connectivity index (χ3v) is 9.66. The van der Waals surface area contributed by atoms with Crippen molar-refractivity contribution in [2.45, 2.75) is 76.3 Å². The molecule has 5 heteroatoms. The molecule has 2 aromatic carbocycles. The number of benzene rings is 2. The van der Waals surface area contributed by atoms with Gasteiger partial charge in [0.25, 0.3) is 0 Å². The molecule has 36 heavy (non-hydrogen) atoms. The van der Waals surface area contributed by atoms with Crippen molar-refractivity contribution < 1.29 is 9.53 Å². The van der Waals surface area contributed by atoms with Gasteiger partial charge in [-0.2, -0.15) is 0 Å². The van der Waals surface area contributed by atoms with Gasteiger partial charge < -0.3 is 14.6 Å². The van der Waals surface area contributed by atoms with Crippen LogP contribution in [-0.4, -0.2) is 52.7 Å². The highest BCUT2D eigenvalue weighted by molar-refractivity contribution is 5.97. The van der Waals surface area contributed by atoms with E-state index in [4.69, 9.17) is 4.74 Å². The number of rotatable bonds is 2. The van der Waals surface area contributed by atoms with Gasteiger partial charge in [-0.15, -0.1) is 0 Å². The van der Waals surface area contributed by atoms with Crippen molar-refractivity contribution in [3.05, 3.63) is 59.8 Å². The lowest BCUT2D eigenvalue weighted by Gasteiger charge is -2.55. The lowest BCUT2D eigenvalue weighted by atomic mass is 9.77. The van der Waals surface area contributed by atoms with Crippen molar-refractivity contribution in [3.8, 4) is 11.1 Å². The molecule has 0 spiro atoms. The molecule has 1 saturated carbocycles. The number of ether oxygens (including phenoxy) is 1. The Morgan fingerprint density at radius 2 is 1.81 bits per heavy atom. The van der Waals surface area contributed by atoms with Gasteiger partial charge in [0.05, 0.1) is 23.6 Å². The summed E-state index contributed by atoms with van der Waals surface area (Å²) in [6, 6.07) is 17.6. The lowest BCUT2D eigenvalue weighted by Crippen LogP contribution is -2.65. The van der Waals surface area contributed by atoms with Crippen molar-refractivity contribution in [1.82, 2.24) is 14.8 Å². The topological polar surface area (TPSA) is 48.6 Å². The minimum atomic E-state index is -0.0723. The minimum absolute atomic E-state index is 0.0274. The number of piperidine rings is 1. The van der Waals surface area contributed by atoms with E-state index in [0.29, 0.717) is 5.92 Å². The Hall–Kier alpha value is -2.63. The van der Waals surface area contributed by atoms with Crippen molar-refractivity contribution in [2.24, 2.45) is 11.8 Å². The average Bonchev–Trinajstić information content (AvgIpc) is 3.31. The Morgan fingerprint density at radius 1 is 1.00 bits per heavy atom. The average molecular weight is 484 g/mol. The van der Waals surface area contributed by atoms with Gasteiger partial charge in [-0.25, -0.2) is 0 Å². The number of aromatic amines is 1. The van der Waals surface area contributed by atoms with E-state index in [2.05, 4.69) is 77.3 Å². The fourth-order valence-corrected chi connectivity index (χ4v) is 7.88. The van der Waals surface area contributed by atoms with Crippen LogP contribution in [0.15, 0.2) is 48.5 Å². The summed E-state index contributed by atoms with van der Waals surface area (Å²) in [5.41, 5.74) is 6.34. The van der Waals surface area contributed by atoms with Crippen molar-refractivity contribution in [1.29, 1.82) is 0 Å². The van der Waals surface area contributed by atoms with E-state index in [9.17, 15) is 4.79 Å². The third-order valence-electron chi connectivity index (χ3n) is 9.66. The number of aromatic nitrogens is 1. The molecule has 3 fully saturated rings. The Bertz CT molecular complexity index is 1280.